The van der Waals surface area contributed by atoms with Crippen molar-refractivity contribution in [1.82, 2.24) is 4.98 Å². The maximum absolute atomic E-state index is 11.2. The van der Waals surface area contributed by atoms with Crippen LogP contribution in [0.3, 0.4) is 0 Å². The van der Waals surface area contributed by atoms with Crippen LogP contribution in [-0.2, 0) is 10.0 Å². The van der Waals surface area contributed by atoms with E-state index >= 15 is 0 Å². The van der Waals surface area contributed by atoms with Gasteiger partial charge in [0.15, 0.2) is 0 Å². The summed E-state index contributed by atoms with van der Waals surface area (Å²) in [5, 5.41) is 8.26. The van der Waals surface area contributed by atoms with Crippen molar-refractivity contribution in [2.24, 2.45) is 5.14 Å². The first-order valence-electron chi connectivity index (χ1n) is 5.18. The molecule has 17 heavy (non-hydrogen) atoms. The van der Waals surface area contributed by atoms with Gasteiger partial charge in [0.1, 0.15) is 0 Å². The summed E-state index contributed by atoms with van der Waals surface area (Å²) < 4.78 is 23.1. The van der Waals surface area contributed by atoms with Gasteiger partial charge in [0.05, 0.1) is 10.2 Å². The van der Waals surface area contributed by atoms with Crippen LogP contribution in [0.15, 0.2) is 22.5 Å². The predicted molar refractivity (Wildman–Crippen MR) is 69.8 cm³/mol. The molecule has 0 radical (unpaired) electrons. The number of nitrogens with one attached hydrogen (secondary N) is 1. The second-order valence-electron chi connectivity index (χ2n) is 3.63. The first-order valence-corrected chi connectivity index (χ1v) is 7.54. The zero-order valence-electron chi connectivity index (χ0n) is 9.30. The summed E-state index contributed by atoms with van der Waals surface area (Å²) in [5.41, 5.74) is 1.59. The van der Waals surface area contributed by atoms with Crippen molar-refractivity contribution in [3.8, 4) is 0 Å². The molecule has 0 unspecified atom stereocenters. The van der Waals surface area contributed by atoms with Gasteiger partial charge in [-0.1, -0.05) is 6.92 Å². The van der Waals surface area contributed by atoms with Crippen LogP contribution in [0.2, 0.25) is 0 Å². The Morgan fingerprint density at radius 3 is 2.88 bits per heavy atom. The molecule has 0 bridgehead atoms. The second-order valence-corrected chi connectivity index (χ2v) is 6.40. The molecule has 0 fully saturated rings. The van der Waals surface area contributed by atoms with Crippen LogP contribution >= 0.6 is 11.3 Å². The number of hydrogen-bond acceptors (Lipinski definition) is 5. The Hall–Kier alpha value is -1.18. The molecule has 0 spiro atoms. The highest BCUT2D eigenvalue weighted by Gasteiger charge is 2.14. The lowest BCUT2D eigenvalue weighted by molar-refractivity contribution is 0.597. The molecule has 0 aliphatic carbocycles. The average Bonchev–Trinajstić information content (AvgIpc) is 2.68. The second kappa shape index (κ2) is 4.59. The minimum Gasteiger partial charge on any atom is -0.385 e. The molecular weight excluding hydrogens is 258 g/mol. The Morgan fingerprint density at radius 2 is 2.24 bits per heavy atom. The summed E-state index contributed by atoms with van der Waals surface area (Å²) in [5.74, 6) is 0. The Kier molecular flexibility index (Phi) is 3.32. The van der Waals surface area contributed by atoms with Crippen LogP contribution in [-0.4, -0.2) is 19.9 Å². The molecule has 2 aromatic rings. The van der Waals surface area contributed by atoms with E-state index in [0.29, 0.717) is 5.52 Å². The van der Waals surface area contributed by atoms with Gasteiger partial charge in [-0.05, 0) is 24.6 Å². The number of thiazole rings is 1. The van der Waals surface area contributed by atoms with Crippen molar-refractivity contribution in [3.63, 3.8) is 0 Å². The molecule has 0 aliphatic rings. The van der Waals surface area contributed by atoms with E-state index in [9.17, 15) is 8.42 Å². The van der Waals surface area contributed by atoms with Crippen LogP contribution in [0.5, 0.6) is 0 Å². The fraction of sp³-hybridized carbons (Fsp3) is 0.300. The van der Waals surface area contributed by atoms with Crippen LogP contribution in [0.25, 0.3) is 10.2 Å². The number of primary sulfonamides is 1. The summed E-state index contributed by atoms with van der Waals surface area (Å²) in [4.78, 5) is 4.02. The van der Waals surface area contributed by atoms with Gasteiger partial charge in [-0.15, -0.1) is 11.3 Å². The number of sulfonamides is 1. The van der Waals surface area contributed by atoms with E-state index in [0.717, 1.165) is 34.7 Å². The third-order valence-electron chi connectivity index (χ3n) is 2.19. The molecule has 7 heteroatoms. The molecule has 3 N–H and O–H groups in total. The molecule has 0 atom stereocenters. The molecule has 1 aromatic heterocycles. The fourth-order valence-corrected chi connectivity index (χ4v) is 3.04. The number of fused-ring (bicyclic) bond motifs is 1. The van der Waals surface area contributed by atoms with E-state index in [4.69, 9.17) is 5.14 Å². The molecule has 1 aromatic carbocycles. The highest BCUT2D eigenvalue weighted by Crippen LogP contribution is 2.26. The van der Waals surface area contributed by atoms with Gasteiger partial charge < -0.3 is 5.32 Å². The zero-order chi connectivity index (χ0) is 12.5. The Balaban J connectivity index is 2.41. The number of benzene rings is 1. The molecule has 0 saturated heterocycles. The van der Waals surface area contributed by atoms with Crippen LogP contribution < -0.4 is 10.5 Å². The van der Waals surface area contributed by atoms with E-state index in [1.54, 1.807) is 0 Å². The largest absolute Gasteiger partial charge is 0.385 e. The minimum atomic E-state index is -3.71. The van der Waals surface area contributed by atoms with Crippen molar-refractivity contribution in [2.45, 2.75) is 17.7 Å². The highest BCUT2D eigenvalue weighted by atomic mass is 32.2. The Morgan fingerprint density at radius 1 is 1.47 bits per heavy atom. The normalized spacial score (nSPS) is 11.9. The van der Waals surface area contributed by atoms with Crippen LogP contribution in [0, 0.1) is 0 Å². The summed E-state index contributed by atoms with van der Waals surface area (Å²) in [6, 6.07) is 5.58. The van der Waals surface area contributed by atoms with Gasteiger partial charge in [-0.2, -0.15) is 0 Å². The predicted octanol–water partition coefficient (Wildman–Crippen LogP) is 1.77. The number of rotatable bonds is 4. The van der Waals surface area contributed by atoms with E-state index < -0.39 is 10.0 Å². The lowest BCUT2D eigenvalue weighted by Gasteiger charge is -2.03. The number of nitrogens with two attached hydrogens (primary N) is 1. The lowest BCUT2D eigenvalue weighted by atomic mass is 10.3. The average molecular weight is 271 g/mol. The number of nitrogens with zero attached hydrogens (tertiary/aromatic N) is 1. The summed E-state index contributed by atoms with van der Waals surface area (Å²) in [6.07, 6.45) is 1.03. The monoisotopic (exact) mass is 271 g/mol. The van der Waals surface area contributed by atoms with Gasteiger partial charge in [0.25, 0.3) is 10.0 Å². The lowest BCUT2D eigenvalue weighted by Crippen LogP contribution is -2.11. The molecule has 0 saturated carbocycles. The van der Waals surface area contributed by atoms with Crippen molar-refractivity contribution < 1.29 is 8.42 Å². The SMILES string of the molecule is CCCNc1ccc2sc(S(N)(=O)=O)nc2c1. The molecule has 0 aliphatic heterocycles. The van der Waals surface area contributed by atoms with Gasteiger partial charge >= 0.3 is 0 Å². The molecular formula is C10H13N3O2S2. The van der Waals surface area contributed by atoms with E-state index in [-0.39, 0.29) is 4.34 Å². The molecule has 0 amide bonds. The van der Waals surface area contributed by atoms with Crippen molar-refractivity contribution >= 4 is 37.3 Å². The third-order valence-corrected chi connectivity index (χ3v) is 4.55. The van der Waals surface area contributed by atoms with Crippen molar-refractivity contribution in [2.75, 3.05) is 11.9 Å². The molecule has 92 valence electrons. The standard InChI is InChI=1S/C10H13N3O2S2/c1-2-5-12-7-3-4-9-8(6-7)13-10(16-9)17(11,14)15/h3-4,6,12H,2,5H2,1H3,(H2,11,14,15). The Labute approximate surface area is 104 Å². The molecule has 5 nitrogen and oxygen atoms in total. The van der Waals surface area contributed by atoms with Crippen LogP contribution in [0.4, 0.5) is 5.69 Å². The van der Waals surface area contributed by atoms with Gasteiger partial charge in [0, 0.05) is 12.2 Å². The van der Waals surface area contributed by atoms with Crippen molar-refractivity contribution in [3.05, 3.63) is 18.2 Å². The summed E-state index contributed by atoms with van der Waals surface area (Å²) in [7, 11) is -3.71. The first kappa shape index (κ1) is 12.3. The van der Waals surface area contributed by atoms with Crippen LogP contribution in [0.1, 0.15) is 13.3 Å². The van der Waals surface area contributed by atoms with Gasteiger partial charge in [-0.25, -0.2) is 18.5 Å². The third kappa shape index (κ3) is 2.74. The summed E-state index contributed by atoms with van der Waals surface area (Å²) >= 11 is 1.08. The maximum atomic E-state index is 11.2. The fourth-order valence-electron chi connectivity index (χ4n) is 1.41. The quantitative estimate of drug-likeness (QED) is 0.887. The zero-order valence-corrected chi connectivity index (χ0v) is 10.9. The van der Waals surface area contributed by atoms with Gasteiger partial charge in [0.2, 0.25) is 4.34 Å². The minimum absolute atomic E-state index is 0.0415. The molecule has 2 rings (SSSR count). The van der Waals surface area contributed by atoms with E-state index in [1.807, 2.05) is 18.2 Å². The molecule has 1 heterocycles. The number of aromatic nitrogens is 1. The van der Waals surface area contributed by atoms with Gasteiger partial charge in [-0.3, -0.25) is 0 Å². The number of anilines is 1. The summed E-state index contributed by atoms with van der Waals surface area (Å²) in [6.45, 7) is 2.95. The topological polar surface area (TPSA) is 85.1 Å². The highest BCUT2D eigenvalue weighted by molar-refractivity contribution is 7.91. The van der Waals surface area contributed by atoms with E-state index in [1.165, 1.54) is 0 Å². The Bertz CT molecular complexity index is 634. The number of hydrogen-bond donors (Lipinski definition) is 2. The van der Waals surface area contributed by atoms with Crippen molar-refractivity contribution in [1.29, 1.82) is 0 Å². The van der Waals surface area contributed by atoms with E-state index in [2.05, 4.69) is 17.2 Å². The smallest absolute Gasteiger partial charge is 0.265 e. The first-order chi connectivity index (χ1) is 8.00. The maximum Gasteiger partial charge on any atom is 0.265 e.